The van der Waals surface area contributed by atoms with Crippen LogP contribution < -0.4 is 16.5 Å². The molecular formula is C19H19N3O2. The third-order valence-electron chi connectivity index (χ3n) is 4.23. The summed E-state index contributed by atoms with van der Waals surface area (Å²) in [4.78, 5) is 25.4. The van der Waals surface area contributed by atoms with E-state index in [1.54, 1.807) is 29.8 Å². The van der Waals surface area contributed by atoms with Crippen LogP contribution in [0.25, 0.3) is 10.9 Å². The van der Waals surface area contributed by atoms with Crippen LogP contribution in [-0.2, 0) is 7.05 Å². The molecule has 2 aromatic carbocycles. The van der Waals surface area contributed by atoms with Crippen LogP contribution in [0.4, 0.5) is 5.82 Å². The Kier molecular flexibility index (Phi) is 4.08. The summed E-state index contributed by atoms with van der Waals surface area (Å²) in [6, 6.07) is 16.5. The summed E-state index contributed by atoms with van der Waals surface area (Å²) in [5.41, 5.74) is 7.37. The summed E-state index contributed by atoms with van der Waals surface area (Å²) in [6.45, 7) is 1.87. The van der Waals surface area contributed by atoms with E-state index >= 15 is 0 Å². The van der Waals surface area contributed by atoms with Crippen molar-refractivity contribution in [2.45, 2.75) is 13.0 Å². The Morgan fingerprint density at radius 3 is 2.42 bits per heavy atom. The minimum Gasteiger partial charge on any atom is -0.384 e. The number of para-hydroxylation sites is 1. The largest absolute Gasteiger partial charge is 0.384 e. The third-order valence-corrected chi connectivity index (χ3v) is 4.23. The second-order valence-corrected chi connectivity index (χ2v) is 5.77. The molecule has 0 aliphatic carbocycles. The highest BCUT2D eigenvalue weighted by molar-refractivity contribution is 6.02. The number of hydrogen-bond acceptors (Lipinski definition) is 3. The first-order chi connectivity index (χ1) is 11.5. The van der Waals surface area contributed by atoms with Crippen LogP contribution in [0.2, 0.25) is 0 Å². The number of aromatic nitrogens is 1. The van der Waals surface area contributed by atoms with E-state index in [9.17, 15) is 9.59 Å². The maximum atomic E-state index is 12.7. The quantitative estimate of drug-likeness (QED) is 0.778. The van der Waals surface area contributed by atoms with E-state index < -0.39 is 5.91 Å². The van der Waals surface area contributed by atoms with Crippen molar-refractivity contribution < 1.29 is 4.79 Å². The number of rotatable bonds is 3. The average molecular weight is 321 g/mol. The van der Waals surface area contributed by atoms with Crippen molar-refractivity contribution in [3.8, 4) is 0 Å². The van der Waals surface area contributed by atoms with Crippen LogP contribution >= 0.6 is 0 Å². The van der Waals surface area contributed by atoms with Gasteiger partial charge in [-0.1, -0.05) is 42.5 Å². The third kappa shape index (κ3) is 2.65. The molecule has 24 heavy (non-hydrogen) atoms. The van der Waals surface area contributed by atoms with Gasteiger partial charge in [-0.25, -0.2) is 0 Å². The molecule has 1 amide bonds. The van der Waals surface area contributed by atoms with Crippen molar-refractivity contribution in [3.05, 3.63) is 75.9 Å². The van der Waals surface area contributed by atoms with Crippen LogP contribution in [0.5, 0.6) is 0 Å². The molecule has 0 fully saturated rings. The summed E-state index contributed by atoms with van der Waals surface area (Å²) in [5, 5.41) is 3.33. The highest BCUT2D eigenvalue weighted by Crippen LogP contribution is 2.18. The lowest BCUT2D eigenvalue weighted by Gasteiger charge is -2.17. The Morgan fingerprint density at radius 1 is 1.08 bits per heavy atom. The number of benzene rings is 2. The monoisotopic (exact) mass is 321 g/mol. The van der Waals surface area contributed by atoms with Gasteiger partial charge in [-0.15, -0.1) is 0 Å². The fraction of sp³-hybridized carbons (Fsp3) is 0.158. The van der Waals surface area contributed by atoms with Crippen LogP contribution in [0, 0.1) is 0 Å². The van der Waals surface area contributed by atoms with E-state index in [2.05, 4.69) is 5.32 Å². The van der Waals surface area contributed by atoms with E-state index in [4.69, 9.17) is 5.73 Å². The average Bonchev–Trinajstić information content (AvgIpc) is 2.60. The zero-order valence-corrected chi connectivity index (χ0v) is 13.6. The maximum absolute atomic E-state index is 12.7. The van der Waals surface area contributed by atoms with Crippen molar-refractivity contribution in [1.29, 1.82) is 0 Å². The number of carbonyl (C=O) groups is 1. The predicted octanol–water partition coefficient (Wildman–Crippen LogP) is 2.61. The van der Waals surface area contributed by atoms with Gasteiger partial charge in [0.2, 0.25) is 5.43 Å². The first-order valence-corrected chi connectivity index (χ1v) is 7.73. The number of fused-ring (bicyclic) bond motifs is 1. The van der Waals surface area contributed by atoms with E-state index in [0.29, 0.717) is 10.9 Å². The lowest BCUT2D eigenvalue weighted by Crippen LogP contribution is -2.33. The second-order valence-electron chi connectivity index (χ2n) is 5.77. The van der Waals surface area contributed by atoms with Gasteiger partial charge in [-0.05, 0) is 24.6 Å². The summed E-state index contributed by atoms with van der Waals surface area (Å²) in [7, 11) is 1.74. The van der Waals surface area contributed by atoms with Gasteiger partial charge in [0.05, 0.1) is 11.6 Å². The molecule has 0 radical (unpaired) electrons. The number of pyridine rings is 1. The maximum Gasteiger partial charge on any atom is 0.259 e. The van der Waals surface area contributed by atoms with Crippen LogP contribution in [-0.4, -0.2) is 10.5 Å². The number of amides is 1. The molecule has 122 valence electrons. The highest BCUT2D eigenvalue weighted by Gasteiger charge is 2.21. The van der Waals surface area contributed by atoms with Gasteiger partial charge < -0.3 is 15.6 Å². The number of hydrogen-bond donors (Lipinski definition) is 2. The SMILES string of the molecule is C[C@@H](NC(=O)c1c(N)n(C)c2ccccc2c1=O)c1ccccc1. The molecule has 0 unspecified atom stereocenters. The minimum absolute atomic E-state index is 0.0148. The molecule has 5 heteroatoms. The van der Waals surface area contributed by atoms with E-state index in [-0.39, 0.29) is 22.9 Å². The molecule has 1 heterocycles. The number of carbonyl (C=O) groups excluding carboxylic acids is 1. The molecule has 1 atom stereocenters. The van der Waals surface area contributed by atoms with Gasteiger partial charge in [0.1, 0.15) is 11.4 Å². The zero-order chi connectivity index (χ0) is 17.3. The topological polar surface area (TPSA) is 77.1 Å². The molecule has 0 aliphatic heterocycles. The molecule has 0 spiro atoms. The number of anilines is 1. The number of nitrogen functional groups attached to an aromatic ring is 1. The lowest BCUT2D eigenvalue weighted by atomic mass is 10.1. The summed E-state index contributed by atoms with van der Waals surface area (Å²) in [6.07, 6.45) is 0. The summed E-state index contributed by atoms with van der Waals surface area (Å²) >= 11 is 0. The van der Waals surface area contributed by atoms with Crippen LogP contribution in [0.3, 0.4) is 0 Å². The molecular weight excluding hydrogens is 302 g/mol. The Hall–Kier alpha value is -3.08. The van der Waals surface area contributed by atoms with E-state index in [1.165, 1.54) is 0 Å². The van der Waals surface area contributed by atoms with Crippen LogP contribution in [0.15, 0.2) is 59.4 Å². The fourth-order valence-electron chi connectivity index (χ4n) is 2.82. The van der Waals surface area contributed by atoms with Crippen molar-refractivity contribution in [1.82, 2.24) is 9.88 Å². The summed E-state index contributed by atoms with van der Waals surface area (Å²) in [5.74, 6) is -0.299. The van der Waals surface area contributed by atoms with Gasteiger partial charge in [0.25, 0.3) is 5.91 Å². The molecule has 0 saturated carbocycles. The zero-order valence-electron chi connectivity index (χ0n) is 13.6. The minimum atomic E-state index is -0.463. The standard InChI is InChI=1S/C19H19N3O2/c1-12(13-8-4-3-5-9-13)21-19(24)16-17(23)14-10-6-7-11-15(14)22(2)18(16)20/h3-12H,20H2,1-2H3,(H,21,24)/t12-/m1/s1. The predicted molar refractivity (Wildman–Crippen MR) is 95.9 cm³/mol. The van der Waals surface area contributed by atoms with Gasteiger partial charge in [-0.2, -0.15) is 0 Å². The van der Waals surface area contributed by atoms with Gasteiger partial charge >= 0.3 is 0 Å². The molecule has 3 aromatic rings. The number of nitrogens with two attached hydrogens (primary N) is 1. The number of aryl methyl sites for hydroxylation is 1. The van der Waals surface area contributed by atoms with Crippen molar-refractivity contribution in [2.75, 3.05) is 5.73 Å². The normalized spacial score (nSPS) is 12.1. The van der Waals surface area contributed by atoms with E-state index in [0.717, 1.165) is 5.56 Å². The molecule has 1 aromatic heterocycles. The van der Waals surface area contributed by atoms with Gasteiger partial charge in [-0.3, -0.25) is 9.59 Å². The van der Waals surface area contributed by atoms with Crippen molar-refractivity contribution in [3.63, 3.8) is 0 Å². The first-order valence-electron chi connectivity index (χ1n) is 7.73. The Labute approximate surface area is 139 Å². The highest BCUT2D eigenvalue weighted by atomic mass is 16.2. The molecule has 5 nitrogen and oxygen atoms in total. The first kappa shape index (κ1) is 15.8. The molecule has 0 bridgehead atoms. The smallest absolute Gasteiger partial charge is 0.259 e. The van der Waals surface area contributed by atoms with Crippen molar-refractivity contribution >= 4 is 22.6 Å². The Balaban J connectivity index is 2.03. The van der Waals surface area contributed by atoms with Crippen molar-refractivity contribution in [2.24, 2.45) is 7.05 Å². The Bertz CT molecular complexity index is 962. The summed E-state index contributed by atoms with van der Waals surface area (Å²) < 4.78 is 1.67. The van der Waals surface area contributed by atoms with Crippen LogP contribution in [0.1, 0.15) is 28.9 Å². The van der Waals surface area contributed by atoms with E-state index in [1.807, 2.05) is 43.3 Å². The Morgan fingerprint density at radius 2 is 1.71 bits per heavy atom. The molecule has 0 aliphatic rings. The van der Waals surface area contributed by atoms with Gasteiger partial charge in [0.15, 0.2) is 0 Å². The molecule has 3 rings (SSSR count). The second kappa shape index (κ2) is 6.20. The number of nitrogens with one attached hydrogen (secondary N) is 1. The van der Waals surface area contributed by atoms with Gasteiger partial charge in [0, 0.05) is 12.4 Å². The molecule has 3 N–H and O–H groups in total. The fourth-order valence-corrected chi connectivity index (χ4v) is 2.82. The lowest BCUT2D eigenvalue weighted by molar-refractivity contribution is 0.0939. The number of nitrogens with zero attached hydrogens (tertiary/aromatic N) is 1. The molecule has 0 saturated heterocycles.